The minimum Gasteiger partial charge on any atom is -0.392 e. The fourth-order valence-corrected chi connectivity index (χ4v) is 3.63. The summed E-state index contributed by atoms with van der Waals surface area (Å²) in [5.74, 6) is 1.40. The Morgan fingerprint density at radius 1 is 1.24 bits per heavy atom. The Bertz CT molecular complexity index is 778. The molecule has 2 aliphatic rings. The van der Waals surface area contributed by atoms with Crippen LogP contribution in [0, 0.1) is 10.1 Å². The maximum absolute atomic E-state index is 11.3. The minimum atomic E-state index is -0.355. The lowest BCUT2D eigenvalue weighted by molar-refractivity contribution is -0.384. The van der Waals surface area contributed by atoms with Crippen LogP contribution in [0.25, 0.3) is 0 Å². The van der Waals surface area contributed by atoms with Gasteiger partial charge in [-0.2, -0.15) is 0 Å². The Morgan fingerprint density at radius 2 is 2.00 bits per heavy atom. The van der Waals surface area contributed by atoms with Crippen molar-refractivity contribution < 1.29 is 10.0 Å². The Labute approximate surface area is 145 Å². The van der Waals surface area contributed by atoms with Crippen LogP contribution in [0.3, 0.4) is 0 Å². The second-order valence-corrected chi connectivity index (χ2v) is 6.83. The molecule has 1 saturated carbocycles. The van der Waals surface area contributed by atoms with E-state index in [1.165, 1.54) is 18.9 Å². The molecule has 2 fully saturated rings. The van der Waals surface area contributed by atoms with Crippen molar-refractivity contribution in [3.8, 4) is 0 Å². The van der Waals surface area contributed by atoms with Crippen molar-refractivity contribution in [2.24, 2.45) is 0 Å². The molecule has 0 unspecified atom stereocenters. The smallest absolute Gasteiger partial charge is 0.292 e. The molecule has 2 heterocycles. The summed E-state index contributed by atoms with van der Waals surface area (Å²) >= 11 is 0. The summed E-state index contributed by atoms with van der Waals surface area (Å²) < 4.78 is 2.20. The zero-order valence-corrected chi connectivity index (χ0v) is 13.9. The van der Waals surface area contributed by atoms with Gasteiger partial charge in [0, 0.05) is 31.1 Å². The lowest BCUT2D eigenvalue weighted by Gasteiger charge is -2.33. The van der Waals surface area contributed by atoms with E-state index in [9.17, 15) is 15.2 Å². The van der Waals surface area contributed by atoms with Gasteiger partial charge < -0.3 is 14.6 Å². The van der Waals surface area contributed by atoms with E-state index in [1.54, 1.807) is 12.1 Å². The van der Waals surface area contributed by atoms with Crippen LogP contribution in [0.15, 0.2) is 24.5 Å². The van der Waals surface area contributed by atoms with Crippen LogP contribution >= 0.6 is 0 Å². The van der Waals surface area contributed by atoms with E-state index in [2.05, 4.69) is 14.8 Å². The number of anilines is 1. The molecule has 0 amide bonds. The number of hydrogen-bond donors (Lipinski definition) is 1. The van der Waals surface area contributed by atoms with Gasteiger partial charge in [0.1, 0.15) is 17.8 Å². The third-order valence-electron chi connectivity index (χ3n) is 5.16. The lowest BCUT2D eigenvalue weighted by Crippen LogP contribution is -2.34. The van der Waals surface area contributed by atoms with Gasteiger partial charge in [0.2, 0.25) is 0 Å². The highest BCUT2D eigenvalue weighted by Crippen LogP contribution is 2.39. The van der Waals surface area contributed by atoms with E-state index < -0.39 is 0 Å². The summed E-state index contributed by atoms with van der Waals surface area (Å²) in [6.07, 6.45) is 6.01. The topological polar surface area (TPSA) is 97.3 Å². The average molecular weight is 343 g/mol. The molecule has 25 heavy (non-hydrogen) atoms. The number of hydrogen-bond acceptors (Lipinski definition) is 6. The molecule has 4 rings (SSSR count). The molecule has 1 N–H and O–H groups in total. The highest BCUT2D eigenvalue weighted by atomic mass is 16.6. The number of nitro benzene ring substituents is 1. The van der Waals surface area contributed by atoms with Crippen LogP contribution in [-0.4, -0.2) is 37.9 Å². The normalized spacial score (nSPS) is 18.5. The van der Waals surface area contributed by atoms with Gasteiger partial charge in [-0.25, -0.2) is 0 Å². The third kappa shape index (κ3) is 3.09. The Hall–Kier alpha value is -2.48. The van der Waals surface area contributed by atoms with Gasteiger partial charge in [-0.05, 0) is 43.4 Å². The maximum atomic E-state index is 11.3. The molecule has 8 nitrogen and oxygen atoms in total. The number of piperidine rings is 1. The van der Waals surface area contributed by atoms with Gasteiger partial charge in [-0.1, -0.05) is 0 Å². The number of aromatic nitrogens is 3. The maximum Gasteiger partial charge on any atom is 0.292 e. The van der Waals surface area contributed by atoms with Gasteiger partial charge in [-0.15, -0.1) is 10.2 Å². The molecular weight excluding hydrogens is 322 g/mol. The molecule has 1 aromatic heterocycles. The van der Waals surface area contributed by atoms with Crippen molar-refractivity contribution in [3.05, 3.63) is 46.0 Å². The van der Waals surface area contributed by atoms with Crippen LogP contribution in [0.4, 0.5) is 11.4 Å². The molecule has 1 aromatic carbocycles. The summed E-state index contributed by atoms with van der Waals surface area (Å²) in [5.41, 5.74) is 1.38. The van der Waals surface area contributed by atoms with Crippen molar-refractivity contribution in [3.63, 3.8) is 0 Å². The number of nitro groups is 1. The first-order valence-electron chi connectivity index (χ1n) is 8.70. The second-order valence-electron chi connectivity index (χ2n) is 6.83. The summed E-state index contributed by atoms with van der Waals surface area (Å²) in [5, 5.41) is 29.1. The number of benzene rings is 1. The molecule has 1 aliphatic carbocycles. The third-order valence-corrected chi connectivity index (χ3v) is 5.16. The van der Waals surface area contributed by atoms with Crippen LogP contribution in [0.1, 0.15) is 49.0 Å². The summed E-state index contributed by atoms with van der Waals surface area (Å²) in [6.45, 7) is 1.35. The van der Waals surface area contributed by atoms with E-state index in [1.807, 2.05) is 11.2 Å². The Morgan fingerprint density at radius 3 is 2.64 bits per heavy atom. The van der Waals surface area contributed by atoms with E-state index in [0.29, 0.717) is 23.2 Å². The molecule has 1 aliphatic heterocycles. The zero-order valence-electron chi connectivity index (χ0n) is 13.9. The van der Waals surface area contributed by atoms with Crippen LogP contribution in [0.5, 0.6) is 0 Å². The molecule has 0 radical (unpaired) electrons. The largest absolute Gasteiger partial charge is 0.392 e. The number of nitrogens with zero attached hydrogens (tertiary/aromatic N) is 5. The molecule has 1 saturated heterocycles. The first kappa shape index (κ1) is 16.0. The highest BCUT2D eigenvalue weighted by molar-refractivity contribution is 5.64. The van der Waals surface area contributed by atoms with Crippen LogP contribution in [0.2, 0.25) is 0 Å². The molecular formula is C17H21N5O3. The van der Waals surface area contributed by atoms with Crippen molar-refractivity contribution in [1.82, 2.24) is 14.8 Å². The quantitative estimate of drug-likeness (QED) is 0.661. The SMILES string of the molecule is O=[N+]([O-])c1ccc(CO)cc1N1CCC(c2nncn2C2CC2)CC1. The molecule has 0 spiro atoms. The zero-order chi connectivity index (χ0) is 17.4. The number of aliphatic hydroxyl groups excluding tert-OH is 1. The highest BCUT2D eigenvalue weighted by Gasteiger charge is 2.32. The Kier molecular flexibility index (Phi) is 4.12. The van der Waals surface area contributed by atoms with E-state index in [4.69, 9.17) is 0 Å². The van der Waals surface area contributed by atoms with Gasteiger partial charge in [0.25, 0.3) is 5.69 Å². The molecule has 132 valence electrons. The fraction of sp³-hybridized carbons (Fsp3) is 0.529. The number of aliphatic hydroxyl groups is 1. The molecule has 0 atom stereocenters. The van der Waals surface area contributed by atoms with E-state index >= 15 is 0 Å². The van der Waals surface area contributed by atoms with Gasteiger partial charge in [0.05, 0.1) is 11.5 Å². The average Bonchev–Trinajstić information content (AvgIpc) is 3.38. The van der Waals surface area contributed by atoms with Gasteiger partial charge in [-0.3, -0.25) is 10.1 Å². The Balaban J connectivity index is 1.52. The van der Waals surface area contributed by atoms with Crippen molar-refractivity contribution in [2.75, 3.05) is 18.0 Å². The van der Waals surface area contributed by atoms with E-state index in [-0.39, 0.29) is 17.2 Å². The van der Waals surface area contributed by atoms with Crippen LogP contribution in [-0.2, 0) is 6.61 Å². The van der Waals surface area contributed by atoms with Crippen molar-refractivity contribution >= 4 is 11.4 Å². The summed E-state index contributed by atoms with van der Waals surface area (Å²) in [4.78, 5) is 13.0. The molecule has 2 aromatic rings. The first-order chi connectivity index (χ1) is 12.2. The fourth-order valence-electron chi connectivity index (χ4n) is 3.63. The van der Waals surface area contributed by atoms with Crippen LogP contribution < -0.4 is 4.90 Å². The summed E-state index contributed by atoms with van der Waals surface area (Å²) in [6, 6.07) is 5.37. The monoisotopic (exact) mass is 343 g/mol. The predicted octanol–water partition coefficient (Wildman–Crippen LogP) is 2.40. The van der Waals surface area contributed by atoms with Crippen molar-refractivity contribution in [1.29, 1.82) is 0 Å². The van der Waals surface area contributed by atoms with Gasteiger partial charge in [0.15, 0.2) is 0 Å². The summed E-state index contributed by atoms with van der Waals surface area (Å²) in [7, 11) is 0. The second kappa shape index (κ2) is 6.44. The van der Waals surface area contributed by atoms with Crippen molar-refractivity contribution in [2.45, 2.75) is 44.2 Å². The lowest BCUT2D eigenvalue weighted by atomic mass is 9.95. The van der Waals surface area contributed by atoms with E-state index in [0.717, 1.165) is 31.8 Å². The minimum absolute atomic E-state index is 0.0943. The number of rotatable bonds is 5. The molecule has 8 heteroatoms. The first-order valence-corrected chi connectivity index (χ1v) is 8.70. The van der Waals surface area contributed by atoms with Gasteiger partial charge >= 0.3 is 0 Å². The standard InChI is InChI=1S/C17H21N5O3/c23-10-12-1-4-15(22(24)25)16(9-12)20-7-5-13(6-8-20)17-19-18-11-21(17)14-2-3-14/h1,4,9,11,13-14,23H,2-3,5-8,10H2. The molecule has 0 bridgehead atoms. The predicted molar refractivity (Wildman–Crippen MR) is 91.5 cm³/mol.